The number of aromatic amines is 2. The Morgan fingerprint density at radius 1 is 0.923 bits per heavy atom. The van der Waals surface area contributed by atoms with Crippen molar-refractivity contribution in [2.75, 3.05) is 0 Å². The summed E-state index contributed by atoms with van der Waals surface area (Å²) >= 11 is 0. The number of benzene rings is 2. The first-order valence-electron chi connectivity index (χ1n) is 9.65. The number of H-pyrrole nitrogens is 2. The first-order valence-corrected chi connectivity index (χ1v) is 9.65. The maximum atomic E-state index is 3.81. The van der Waals surface area contributed by atoms with Crippen LogP contribution >= 0.6 is 0 Å². The van der Waals surface area contributed by atoms with E-state index in [1.54, 1.807) is 11.1 Å². The second-order valence-electron chi connectivity index (χ2n) is 8.01. The summed E-state index contributed by atoms with van der Waals surface area (Å²) in [5.41, 5.74) is 8.50. The van der Waals surface area contributed by atoms with Crippen molar-refractivity contribution in [1.29, 1.82) is 0 Å². The zero-order valence-electron chi connectivity index (χ0n) is 14.9. The van der Waals surface area contributed by atoms with Crippen LogP contribution in [0.1, 0.15) is 48.4 Å². The van der Waals surface area contributed by atoms with Crippen LogP contribution in [-0.4, -0.2) is 9.97 Å². The molecule has 3 atom stereocenters. The minimum Gasteiger partial charge on any atom is -0.361 e. The molecule has 0 aliphatic heterocycles. The summed E-state index contributed by atoms with van der Waals surface area (Å²) < 4.78 is 0. The van der Waals surface area contributed by atoms with Gasteiger partial charge in [0.05, 0.1) is 0 Å². The van der Waals surface area contributed by atoms with Crippen LogP contribution < -0.4 is 0 Å². The second kappa shape index (κ2) is 5.14. The maximum absolute atomic E-state index is 3.81. The van der Waals surface area contributed by atoms with Crippen LogP contribution in [0.5, 0.6) is 0 Å². The molecule has 2 heteroatoms. The highest BCUT2D eigenvalue weighted by Gasteiger charge is 2.44. The van der Waals surface area contributed by atoms with Crippen molar-refractivity contribution < 1.29 is 0 Å². The molecule has 0 fully saturated rings. The van der Waals surface area contributed by atoms with Gasteiger partial charge in [0.25, 0.3) is 0 Å². The lowest BCUT2D eigenvalue weighted by Crippen LogP contribution is -2.16. The van der Waals surface area contributed by atoms with E-state index in [0.717, 1.165) is 0 Å². The minimum atomic E-state index is 0.447. The largest absolute Gasteiger partial charge is 0.361 e. The molecule has 2 aromatic heterocycles. The molecule has 2 nitrogen and oxygen atoms in total. The van der Waals surface area contributed by atoms with E-state index in [9.17, 15) is 0 Å². The summed E-state index contributed by atoms with van der Waals surface area (Å²) in [6.45, 7) is 2.30. The Morgan fingerprint density at radius 2 is 1.69 bits per heavy atom. The van der Waals surface area contributed by atoms with E-state index in [4.69, 9.17) is 0 Å². The highest BCUT2D eigenvalue weighted by molar-refractivity contribution is 5.89. The van der Waals surface area contributed by atoms with Gasteiger partial charge in [-0.2, -0.15) is 0 Å². The molecule has 0 radical (unpaired) electrons. The molecule has 4 aromatic rings. The molecule has 26 heavy (non-hydrogen) atoms. The number of nitrogens with one attached hydrogen (secondary N) is 2. The van der Waals surface area contributed by atoms with Gasteiger partial charge in [0, 0.05) is 45.5 Å². The van der Waals surface area contributed by atoms with Gasteiger partial charge in [0.15, 0.2) is 0 Å². The van der Waals surface area contributed by atoms with E-state index in [1.807, 2.05) is 0 Å². The van der Waals surface area contributed by atoms with Gasteiger partial charge in [-0.1, -0.05) is 48.0 Å². The van der Waals surface area contributed by atoms with Gasteiger partial charge in [0.1, 0.15) is 0 Å². The Labute approximate surface area is 152 Å². The Bertz CT molecular complexity index is 1170. The third kappa shape index (κ3) is 1.82. The Morgan fingerprint density at radius 3 is 2.58 bits per heavy atom. The number of allylic oxidation sites excluding steroid dienone is 2. The SMILES string of the molecule is CC1=C[C@H]2c3c([nH]c4ccccc34)[C@H](c3c[nH]c4ccccc34)[C@H]2CC1. The maximum Gasteiger partial charge on any atom is 0.0459 e. The number of rotatable bonds is 1. The molecular weight excluding hydrogens is 316 g/mol. The average molecular weight is 338 g/mol. The molecule has 2 aliphatic carbocycles. The standard InChI is InChI=1S/C24H22N2/c1-14-10-11-16-18(12-14)23-17-7-3-5-9-21(17)26-24(23)22(16)19-13-25-20-8-4-2-6-15(19)20/h2-9,12-13,16,18,22,25-26H,10-11H2,1H3/t16-,18+,22-/m0/s1. The van der Waals surface area contributed by atoms with Crippen LogP contribution in [0.3, 0.4) is 0 Å². The molecule has 2 aliphatic rings. The second-order valence-corrected chi connectivity index (χ2v) is 8.01. The Kier molecular flexibility index (Phi) is 2.85. The van der Waals surface area contributed by atoms with Crippen molar-refractivity contribution >= 4 is 21.8 Å². The van der Waals surface area contributed by atoms with E-state index >= 15 is 0 Å². The number of fused-ring (bicyclic) bond motifs is 6. The van der Waals surface area contributed by atoms with Crippen molar-refractivity contribution in [3.8, 4) is 0 Å². The van der Waals surface area contributed by atoms with Crippen molar-refractivity contribution in [2.45, 2.75) is 31.6 Å². The van der Waals surface area contributed by atoms with E-state index < -0.39 is 0 Å². The molecule has 2 aromatic carbocycles. The molecule has 128 valence electrons. The predicted molar refractivity (Wildman–Crippen MR) is 108 cm³/mol. The zero-order chi connectivity index (χ0) is 17.3. The first-order chi connectivity index (χ1) is 12.8. The number of hydrogen-bond acceptors (Lipinski definition) is 0. The monoisotopic (exact) mass is 338 g/mol. The van der Waals surface area contributed by atoms with Gasteiger partial charge in [-0.25, -0.2) is 0 Å². The zero-order valence-corrected chi connectivity index (χ0v) is 14.9. The molecule has 0 bridgehead atoms. The van der Waals surface area contributed by atoms with E-state index in [1.165, 1.54) is 45.9 Å². The number of aromatic nitrogens is 2. The van der Waals surface area contributed by atoms with Crippen LogP contribution in [0.15, 0.2) is 66.4 Å². The van der Waals surface area contributed by atoms with Crippen molar-refractivity contribution in [3.63, 3.8) is 0 Å². The topological polar surface area (TPSA) is 31.6 Å². The third-order valence-corrected chi connectivity index (χ3v) is 6.60. The van der Waals surface area contributed by atoms with Gasteiger partial charge in [-0.3, -0.25) is 0 Å². The Hall–Kier alpha value is -2.74. The van der Waals surface area contributed by atoms with Crippen LogP contribution in [0.4, 0.5) is 0 Å². The first kappa shape index (κ1) is 14.4. The minimum absolute atomic E-state index is 0.447. The lowest BCUT2D eigenvalue weighted by Gasteiger charge is -2.28. The van der Waals surface area contributed by atoms with Crippen molar-refractivity contribution in [2.24, 2.45) is 5.92 Å². The lowest BCUT2D eigenvalue weighted by molar-refractivity contribution is 0.411. The van der Waals surface area contributed by atoms with Gasteiger partial charge < -0.3 is 9.97 Å². The highest BCUT2D eigenvalue weighted by atomic mass is 14.8. The van der Waals surface area contributed by atoms with E-state index in [2.05, 4.69) is 77.7 Å². The third-order valence-electron chi connectivity index (χ3n) is 6.60. The van der Waals surface area contributed by atoms with E-state index in [0.29, 0.717) is 17.8 Å². The van der Waals surface area contributed by atoms with Gasteiger partial charge >= 0.3 is 0 Å². The average Bonchev–Trinajstić information content (AvgIpc) is 3.32. The molecular formula is C24H22N2. The van der Waals surface area contributed by atoms with Crippen LogP contribution in [0, 0.1) is 5.92 Å². The summed E-state index contributed by atoms with van der Waals surface area (Å²) in [6.07, 6.45) is 7.29. The number of para-hydroxylation sites is 2. The highest BCUT2D eigenvalue weighted by Crippen LogP contribution is 2.57. The lowest BCUT2D eigenvalue weighted by atomic mass is 9.75. The van der Waals surface area contributed by atoms with Gasteiger partial charge in [-0.05, 0) is 48.9 Å². The molecule has 2 heterocycles. The van der Waals surface area contributed by atoms with Crippen LogP contribution in [0.2, 0.25) is 0 Å². The quantitative estimate of drug-likeness (QED) is 0.385. The molecule has 0 spiro atoms. The smallest absolute Gasteiger partial charge is 0.0459 e. The summed E-state index contributed by atoms with van der Waals surface area (Å²) in [5, 5.41) is 2.78. The van der Waals surface area contributed by atoms with E-state index in [-0.39, 0.29) is 0 Å². The summed E-state index contributed by atoms with van der Waals surface area (Å²) in [4.78, 5) is 7.31. The van der Waals surface area contributed by atoms with Crippen molar-refractivity contribution in [3.05, 3.63) is 83.2 Å². The van der Waals surface area contributed by atoms with Gasteiger partial charge in [-0.15, -0.1) is 0 Å². The molecule has 0 unspecified atom stereocenters. The normalized spacial score (nSPS) is 24.7. The predicted octanol–water partition coefficient (Wildman–Crippen LogP) is 6.23. The van der Waals surface area contributed by atoms with Crippen molar-refractivity contribution in [1.82, 2.24) is 9.97 Å². The summed E-state index contributed by atoms with van der Waals surface area (Å²) in [5.74, 6) is 1.64. The summed E-state index contributed by atoms with van der Waals surface area (Å²) in [7, 11) is 0. The molecule has 0 saturated heterocycles. The summed E-state index contributed by atoms with van der Waals surface area (Å²) in [6, 6.07) is 17.5. The van der Waals surface area contributed by atoms with Gasteiger partial charge in [0.2, 0.25) is 0 Å². The van der Waals surface area contributed by atoms with Crippen LogP contribution in [0.25, 0.3) is 21.8 Å². The van der Waals surface area contributed by atoms with Crippen LogP contribution in [-0.2, 0) is 0 Å². The fourth-order valence-electron chi connectivity index (χ4n) is 5.50. The Balaban J connectivity index is 1.65. The fraction of sp³-hybridized carbons (Fsp3) is 0.250. The fourth-order valence-corrected chi connectivity index (χ4v) is 5.50. The molecule has 0 amide bonds. The molecule has 6 rings (SSSR count). The number of hydrogen-bond donors (Lipinski definition) is 2. The molecule has 0 saturated carbocycles. The molecule has 2 N–H and O–H groups in total.